The van der Waals surface area contributed by atoms with Crippen LogP contribution in [0, 0.1) is 0 Å². The first kappa shape index (κ1) is 15.2. The minimum Gasteiger partial charge on any atom is -0.464 e. The number of carbonyl (C=O) groups is 1. The van der Waals surface area contributed by atoms with Gasteiger partial charge in [0.05, 0.1) is 0 Å². The SMILES string of the molecule is CCC1CCCCC=CCCCC(=O)OCCN1. The Hall–Kier alpha value is -0.830. The van der Waals surface area contributed by atoms with Crippen LogP contribution in [0.15, 0.2) is 12.2 Å². The zero-order valence-electron chi connectivity index (χ0n) is 11.6. The van der Waals surface area contributed by atoms with Crippen molar-refractivity contribution in [2.75, 3.05) is 13.2 Å². The fraction of sp³-hybridized carbons (Fsp3) is 0.800. The molecule has 0 aliphatic carbocycles. The fourth-order valence-corrected chi connectivity index (χ4v) is 2.20. The lowest BCUT2D eigenvalue weighted by molar-refractivity contribution is -0.143. The number of hydrogen-bond acceptors (Lipinski definition) is 3. The molecule has 0 bridgehead atoms. The Morgan fingerprint density at radius 3 is 2.83 bits per heavy atom. The summed E-state index contributed by atoms with van der Waals surface area (Å²) < 4.78 is 5.19. The third-order valence-corrected chi connectivity index (χ3v) is 3.38. The molecule has 0 aromatic rings. The topological polar surface area (TPSA) is 38.3 Å². The van der Waals surface area contributed by atoms with Gasteiger partial charge < -0.3 is 10.1 Å². The van der Waals surface area contributed by atoms with E-state index in [4.69, 9.17) is 4.74 Å². The van der Waals surface area contributed by atoms with Crippen LogP contribution in [0.3, 0.4) is 0 Å². The molecular formula is C15H27NO2. The average molecular weight is 253 g/mol. The Labute approximate surface area is 111 Å². The van der Waals surface area contributed by atoms with Crippen molar-refractivity contribution in [2.24, 2.45) is 0 Å². The molecule has 3 nitrogen and oxygen atoms in total. The summed E-state index contributed by atoms with van der Waals surface area (Å²) in [5.74, 6) is -0.0619. The summed E-state index contributed by atoms with van der Waals surface area (Å²) in [6, 6.07) is 0.567. The van der Waals surface area contributed by atoms with Gasteiger partial charge >= 0.3 is 5.97 Å². The first-order chi connectivity index (χ1) is 8.83. The average Bonchev–Trinajstić information content (AvgIpc) is 2.39. The van der Waals surface area contributed by atoms with Crippen LogP contribution in [-0.4, -0.2) is 25.2 Å². The van der Waals surface area contributed by atoms with Gasteiger partial charge in [-0.25, -0.2) is 0 Å². The van der Waals surface area contributed by atoms with Gasteiger partial charge in [-0.1, -0.05) is 25.5 Å². The lowest BCUT2D eigenvalue weighted by atomic mass is 10.1. The van der Waals surface area contributed by atoms with Gasteiger partial charge in [-0.2, -0.15) is 0 Å². The van der Waals surface area contributed by atoms with Crippen molar-refractivity contribution in [3.8, 4) is 0 Å². The van der Waals surface area contributed by atoms with E-state index in [2.05, 4.69) is 24.4 Å². The third kappa shape index (κ3) is 7.49. The highest BCUT2D eigenvalue weighted by Gasteiger charge is 2.06. The number of ether oxygens (including phenoxy) is 1. The van der Waals surface area contributed by atoms with Crippen LogP contribution in [0.4, 0.5) is 0 Å². The molecule has 18 heavy (non-hydrogen) atoms. The summed E-state index contributed by atoms with van der Waals surface area (Å²) in [6.07, 6.45) is 13.0. The van der Waals surface area contributed by atoms with Crippen molar-refractivity contribution >= 4 is 5.97 Å². The van der Waals surface area contributed by atoms with Gasteiger partial charge in [0.15, 0.2) is 0 Å². The molecule has 1 aliphatic heterocycles. The fourth-order valence-electron chi connectivity index (χ4n) is 2.20. The van der Waals surface area contributed by atoms with Gasteiger partial charge in [-0.3, -0.25) is 4.79 Å². The maximum atomic E-state index is 11.4. The summed E-state index contributed by atoms with van der Waals surface area (Å²) in [5, 5.41) is 3.46. The molecule has 1 rings (SSSR count). The minimum atomic E-state index is -0.0619. The van der Waals surface area contributed by atoms with Gasteiger partial charge in [0.25, 0.3) is 0 Å². The molecule has 0 saturated heterocycles. The maximum absolute atomic E-state index is 11.4. The van der Waals surface area contributed by atoms with Crippen molar-refractivity contribution in [1.82, 2.24) is 5.32 Å². The number of allylic oxidation sites excluding steroid dienone is 2. The summed E-state index contributed by atoms with van der Waals surface area (Å²) in [7, 11) is 0. The van der Waals surface area contributed by atoms with E-state index in [-0.39, 0.29) is 5.97 Å². The van der Waals surface area contributed by atoms with Crippen LogP contribution >= 0.6 is 0 Å². The number of rotatable bonds is 1. The zero-order valence-corrected chi connectivity index (χ0v) is 11.6. The highest BCUT2D eigenvalue weighted by molar-refractivity contribution is 5.69. The van der Waals surface area contributed by atoms with Gasteiger partial charge in [-0.05, 0) is 38.5 Å². The van der Waals surface area contributed by atoms with E-state index >= 15 is 0 Å². The molecular weight excluding hydrogens is 226 g/mol. The van der Waals surface area contributed by atoms with E-state index in [0.717, 1.165) is 25.8 Å². The predicted octanol–water partition coefficient (Wildman–Crippen LogP) is 3.20. The number of nitrogens with one attached hydrogen (secondary N) is 1. The Morgan fingerprint density at radius 1 is 1.28 bits per heavy atom. The number of hydrogen-bond donors (Lipinski definition) is 1. The Morgan fingerprint density at radius 2 is 2.06 bits per heavy atom. The number of carbonyl (C=O) groups excluding carboxylic acids is 1. The van der Waals surface area contributed by atoms with Gasteiger partial charge in [-0.15, -0.1) is 0 Å². The minimum absolute atomic E-state index is 0.0619. The van der Waals surface area contributed by atoms with Crippen LogP contribution in [0.2, 0.25) is 0 Å². The van der Waals surface area contributed by atoms with Gasteiger partial charge in [0, 0.05) is 19.0 Å². The molecule has 0 spiro atoms. The molecule has 3 heteroatoms. The number of cyclic esters (lactones) is 1. The van der Waals surface area contributed by atoms with Crippen LogP contribution in [-0.2, 0) is 9.53 Å². The molecule has 0 amide bonds. The Balaban J connectivity index is 2.33. The van der Waals surface area contributed by atoms with Crippen LogP contribution in [0.1, 0.15) is 58.3 Å². The summed E-state index contributed by atoms with van der Waals surface area (Å²) in [6.45, 7) is 3.49. The number of esters is 1. The molecule has 1 aliphatic rings. The highest BCUT2D eigenvalue weighted by Crippen LogP contribution is 2.08. The van der Waals surface area contributed by atoms with Crippen molar-refractivity contribution in [3.63, 3.8) is 0 Å². The van der Waals surface area contributed by atoms with Crippen molar-refractivity contribution < 1.29 is 9.53 Å². The van der Waals surface area contributed by atoms with E-state index < -0.39 is 0 Å². The summed E-state index contributed by atoms with van der Waals surface area (Å²) in [4.78, 5) is 11.4. The monoisotopic (exact) mass is 253 g/mol. The molecule has 1 unspecified atom stereocenters. The summed E-state index contributed by atoms with van der Waals surface area (Å²) >= 11 is 0. The lowest BCUT2D eigenvalue weighted by Gasteiger charge is -2.16. The van der Waals surface area contributed by atoms with Crippen molar-refractivity contribution in [3.05, 3.63) is 12.2 Å². The molecule has 1 heterocycles. The van der Waals surface area contributed by atoms with Crippen molar-refractivity contribution in [2.45, 2.75) is 64.3 Å². The standard InChI is InChI=1S/C15H27NO2/c1-2-14-10-8-6-4-3-5-7-9-11-15(17)18-13-12-16-14/h3,5,14,16H,2,4,6-13H2,1H3. The van der Waals surface area contributed by atoms with E-state index in [1.165, 1.54) is 25.7 Å². The lowest BCUT2D eigenvalue weighted by Crippen LogP contribution is -2.32. The molecule has 0 aromatic carbocycles. The molecule has 0 aromatic heterocycles. The largest absolute Gasteiger partial charge is 0.464 e. The Bertz CT molecular complexity index is 251. The smallest absolute Gasteiger partial charge is 0.305 e. The first-order valence-corrected chi connectivity index (χ1v) is 7.37. The van der Waals surface area contributed by atoms with E-state index in [9.17, 15) is 4.79 Å². The molecule has 1 atom stereocenters. The third-order valence-electron chi connectivity index (χ3n) is 3.38. The van der Waals surface area contributed by atoms with E-state index in [1.807, 2.05) is 0 Å². The Kier molecular flexibility index (Phi) is 8.57. The second kappa shape index (κ2) is 10.1. The van der Waals surface area contributed by atoms with Crippen LogP contribution < -0.4 is 5.32 Å². The predicted molar refractivity (Wildman–Crippen MR) is 74.5 cm³/mol. The molecule has 1 N–H and O–H groups in total. The van der Waals surface area contributed by atoms with Gasteiger partial charge in [0.1, 0.15) is 6.61 Å². The molecule has 0 fully saturated rings. The first-order valence-electron chi connectivity index (χ1n) is 7.37. The second-order valence-corrected chi connectivity index (χ2v) is 4.93. The van der Waals surface area contributed by atoms with Crippen molar-refractivity contribution in [1.29, 1.82) is 0 Å². The molecule has 104 valence electrons. The molecule has 0 saturated carbocycles. The highest BCUT2D eigenvalue weighted by atomic mass is 16.5. The van der Waals surface area contributed by atoms with E-state index in [0.29, 0.717) is 19.1 Å². The van der Waals surface area contributed by atoms with E-state index in [1.54, 1.807) is 0 Å². The second-order valence-electron chi connectivity index (χ2n) is 4.93. The summed E-state index contributed by atoms with van der Waals surface area (Å²) in [5.41, 5.74) is 0. The van der Waals surface area contributed by atoms with Crippen LogP contribution in [0.5, 0.6) is 0 Å². The quantitative estimate of drug-likeness (QED) is 0.576. The normalized spacial score (nSPS) is 24.9. The van der Waals surface area contributed by atoms with Gasteiger partial charge in [0.2, 0.25) is 0 Å². The molecule has 0 radical (unpaired) electrons. The maximum Gasteiger partial charge on any atom is 0.305 e. The zero-order chi connectivity index (χ0) is 13.1. The van der Waals surface area contributed by atoms with Crippen LogP contribution in [0.25, 0.3) is 0 Å².